The van der Waals surface area contributed by atoms with E-state index in [2.05, 4.69) is 15.7 Å². The van der Waals surface area contributed by atoms with E-state index >= 15 is 0 Å². The molecule has 1 aromatic heterocycles. The Morgan fingerprint density at radius 2 is 2.05 bits per heavy atom. The lowest BCUT2D eigenvalue weighted by molar-refractivity contribution is 0.398. The van der Waals surface area contributed by atoms with Gasteiger partial charge in [-0.05, 0) is 37.6 Å². The molecule has 2 aromatic rings. The SMILES string of the molecule is Cc1nc(C2CCNCC2c2ccc(F)cc2)cs1. The predicted molar refractivity (Wildman–Crippen MR) is 76.2 cm³/mol. The van der Waals surface area contributed by atoms with Gasteiger partial charge in [-0.1, -0.05) is 12.1 Å². The maximum absolute atomic E-state index is 13.1. The molecule has 0 saturated carbocycles. The zero-order valence-electron chi connectivity index (χ0n) is 10.9. The lowest BCUT2D eigenvalue weighted by Gasteiger charge is -2.31. The second-order valence-electron chi connectivity index (χ2n) is 5.05. The van der Waals surface area contributed by atoms with E-state index in [9.17, 15) is 4.39 Å². The van der Waals surface area contributed by atoms with Crippen molar-refractivity contribution in [2.75, 3.05) is 13.1 Å². The number of aromatic nitrogens is 1. The predicted octanol–water partition coefficient (Wildman–Crippen LogP) is 3.45. The largest absolute Gasteiger partial charge is 0.316 e. The maximum atomic E-state index is 13.1. The van der Waals surface area contributed by atoms with E-state index < -0.39 is 0 Å². The first-order valence-corrected chi connectivity index (χ1v) is 7.50. The zero-order chi connectivity index (χ0) is 13.2. The van der Waals surface area contributed by atoms with Crippen LogP contribution in [0.25, 0.3) is 0 Å². The monoisotopic (exact) mass is 276 g/mol. The summed E-state index contributed by atoms with van der Waals surface area (Å²) in [6.07, 6.45) is 1.09. The summed E-state index contributed by atoms with van der Waals surface area (Å²) >= 11 is 1.71. The second kappa shape index (κ2) is 5.39. The minimum absolute atomic E-state index is 0.173. The van der Waals surface area contributed by atoms with Crippen LogP contribution >= 0.6 is 11.3 Å². The summed E-state index contributed by atoms with van der Waals surface area (Å²) in [6, 6.07) is 6.90. The number of piperidine rings is 1. The molecule has 2 nitrogen and oxygen atoms in total. The number of thiazole rings is 1. The van der Waals surface area contributed by atoms with E-state index in [1.54, 1.807) is 23.5 Å². The Morgan fingerprint density at radius 3 is 2.74 bits per heavy atom. The van der Waals surface area contributed by atoms with Crippen LogP contribution in [0.4, 0.5) is 4.39 Å². The molecule has 2 unspecified atom stereocenters. The fourth-order valence-electron chi connectivity index (χ4n) is 2.82. The van der Waals surface area contributed by atoms with E-state index in [0.717, 1.165) is 24.5 Å². The van der Waals surface area contributed by atoms with Gasteiger partial charge in [0.25, 0.3) is 0 Å². The van der Waals surface area contributed by atoms with E-state index in [1.807, 2.05) is 19.1 Å². The molecule has 3 rings (SSSR count). The number of nitrogens with one attached hydrogen (secondary N) is 1. The molecular weight excluding hydrogens is 259 g/mol. The van der Waals surface area contributed by atoms with Crippen LogP contribution in [-0.4, -0.2) is 18.1 Å². The molecule has 1 aliphatic rings. The van der Waals surface area contributed by atoms with Gasteiger partial charge in [-0.3, -0.25) is 0 Å². The zero-order valence-corrected chi connectivity index (χ0v) is 11.7. The van der Waals surface area contributed by atoms with Crippen molar-refractivity contribution in [1.29, 1.82) is 0 Å². The van der Waals surface area contributed by atoms with Crippen molar-refractivity contribution in [3.8, 4) is 0 Å². The minimum Gasteiger partial charge on any atom is -0.316 e. The third-order valence-corrected chi connectivity index (χ3v) is 4.59. The fourth-order valence-corrected chi connectivity index (χ4v) is 3.50. The number of hydrogen-bond acceptors (Lipinski definition) is 3. The molecule has 2 atom stereocenters. The Bertz CT molecular complexity index is 550. The van der Waals surface area contributed by atoms with Gasteiger partial charge in [-0.25, -0.2) is 9.37 Å². The van der Waals surface area contributed by atoms with Crippen LogP contribution in [0.2, 0.25) is 0 Å². The summed E-state index contributed by atoms with van der Waals surface area (Å²) in [5.41, 5.74) is 2.39. The van der Waals surface area contributed by atoms with Crippen molar-refractivity contribution in [2.45, 2.75) is 25.2 Å². The number of aryl methyl sites for hydroxylation is 1. The van der Waals surface area contributed by atoms with E-state index in [4.69, 9.17) is 0 Å². The summed E-state index contributed by atoms with van der Waals surface area (Å²) in [4.78, 5) is 4.64. The molecule has 4 heteroatoms. The molecule has 19 heavy (non-hydrogen) atoms. The third-order valence-electron chi connectivity index (χ3n) is 3.80. The van der Waals surface area contributed by atoms with Gasteiger partial charge in [0.2, 0.25) is 0 Å². The standard InChI is InChI=1S/C15H17FN2S/c1-10-18-15(9-19-10)13-6-7-17-8-14(13)11-2-4-12(16)5-3-11/h2-5,9,13-14,17H,6-8H2,1H3. The van der Waals surface area contributed by atoms with Crippen molar-refractivity contribution < 1.29 is 4.39 Å². The topological polar surface area (TPSA) is 24.9 Å². The number of nitrogens with zero attached hydrogens (tertiary/aromatic N) is 1. The molecule has 1 fully saturated rings. The van der Waals surface area contributed by atoms with Crippen molar-refractivity contribution >= 4 is 11.3 Å². The van der Waals surface area contributed by atoms with Crippen molar-refractivity contribution in [2.24, 2.45) is 0 Å². The van der Waals surface area contributed by atoms with E-state index in [0.29, 0.717) is 11.8 Å². The quantitative estimate of drug-likeness (QED) is 0.908. The summed E-state index contributed by atoms with van der Waals surface area (Å²) in [5.74, 6) is 0.654. The average molecular weight is 276 g/mol. The van der Waals surface area contributed by atoms with E-state index in [-0.39, 0.29) is 5.82 Å². The third kappa shape index (κ3) is 2.69. The Kier molecular flexibility index (Phi) is 3.62. The van der Waals surface area contributed by atoms with Crippen LogP contribution in [0.1, 0.15) is 34.5 Å². The Hall–Kier alpha value is -1.26. The molecule has 0 radical (unpaired) electrons. The van der Waals surface area contributed by atoms with Gasteiger partial charge >= 0.3 is 0 Å². The molecule has 100 valence electrons. The van der Waals surface area contributed by atoms with Gasteiger partial charge in [0.05, 0.1) is 10.7 Å². The highest BCUT2D eigenvalue weighted by Crippen LogP contribution is 2.37. The lowest BCUT2D eigenvalue weighted by atomic mass is 9.80. The normalized spacial score (nSPS) is 23.5. The number of hydrogen-bond donors (Lipinski definition) is 1. The van der Waals surface area contributed by atoms with Crippen LogP contribution in [-0.2, 0) is 0 Å². The second-order valence-corrected chi connectivity index (χ2v) is 6.11. The Balaban J connectivity index is 1.90. The van der Waals surface area contributed by atoms with Crippen molar-refractivity contribution in [1.82, 2.24) is 10.3 Å². The highest BCUT2D eigenvalue weighted by Gasteiger charge is 2.29. The average Bonchev–Trinajstić information content (AvgIpc) is 2.86. The van der Waals surface area contributed by atoms with Crippen LogP contribution in [0, 0.1) is 12.7 Å². The number of halogens is 1. The van der Waals surface area contributed by atoms with Crippen molar-refractivity contribution in [3.05, 3.63) is 51.7 Å². The first kappa shape index (κ1) is 12.8. The molecule has 2 heterocycles. The van der Waals surface area contributed by atoms with Gasteiger partial charge in [0, 0.05) is 23.8 Å². The molecule has 1 aliphatic heterocycles. The summed E-state index contributed by atoms with van der Waals surface area (Å²) in [6.45, 7) is 4.01. The van der Waals surface area contributed by atoms with Crippen molar-refractivity contribution in [3.63, 3.8) is 0 Å². The summed E-state index contributed by atoms with van der Waals surface area (Å²) in [7, 11) is 0. The Morgan fingerprint density at radius 1 is 1.26 bits per heavy atom. The molecule has 1 N–H and O–H groups in total. The Labute approximate surface area is 116 Å². The lowest BCUT2D eigenvalue weighted by Crippen LogP contribution is -2.34. The molecular formula is C15H17FN2S. The van der Waals surface area contributed by atoms with Gasteiger partial charge in [0.1, 0.15) is 5.82 Å². The number of rotatable bonds is 2. The highest BCUT2D eigenvalue weighted by molar-refractivity contribution is 7.09. The van der Waals surface area contributed by atoms with Gasteiger partial charge in [-0.2, -0.15) is 0 Å². The van der Waals surface area contributed by atoms with Gasteiger partial charge in [0.15, 0.2) is 0 Å². The molecule has 0 bridgehead atoms. The molecule has 0 amide bonds. The van der Waals surface area contributed by atoms with Crippen LogP contribution in [0.15, 0.2) is 29.6 Å². The van der Waals surface area contributed by atoms with E-state index in [1.165, 1.54) is 11.3 Å². The molecule has 0 aliphatic carbocycles. The van der Waals surface area contributed by atoms with Gasteiger partial charge < -0.3 is 5.32 Å². The van der Waals surface area contributed by atoms with Gasteiger partial charge in [-0.15, -0.1) is 11.3 Å². The number of benzene rings is 1. The smallest absolute Gasteiger partial charge is 0.123 e. The highest BCUT2D eigenvalue weighted by atomic mass is 32.1. The molecule has 0 spiro atoms. The summed E-state index contributed by atoms with van der Waals surface area (Å²) < 4.78 is 13.1. The maximum Gasteiger partial charge on any atom is 0.123 e. The van der Waals surface area contributed by atoms with Crippen LogP contribution in [0.5, 0.6) is 0 Å². The van der Waals surface area contributed by atoms with Crippen LogP contribution in [0.3, 0.4) is 0 Å². The fraction of sp³-hybridized carbons (Fsp3) is 0.400. The molecule has 1 saturated heterocycles. The summed E-state index contributed by atoms with van der Waals surface area (Å²) in [5, 5.41) is 6.72. The first-order valence-electron chi connectivity index (χ1n) is 6.62. The van der Waals surface area contributed by atoms with Crippen LogP contribution < -0.4 is 5.32 Å². The molecule has 1 aromatic carbocycles. The first-order chi connectivity index (χ1) is 9.24. The minimum atomic E-state index is -0.173.